The largest absolute Gasteiger partial charge is 0.481 e. The second-order valence-electron chi connectivity index (χ2n) is 5.35. The van der Waals surface area contributed by atoms with Crippen molar-refractivity contribution in [2.24, 2.45) is 0 Å². The molecule has 0 saturated heterocycles. The van der Waals surface area contributed by atoms with Crippen LogP contribution in [0, 0.1) is 0 Å². The number of carboxylic acids is 1. The van der Waals surface area contributed by atoms with Gasteiger partial charge in [0.2, 0.25) is 10.0 Å². The van der Waals surface area contributed by atoms with Crippen molar-refractivity contribution in [1.82, 2.24) is 19.1 Å². The quantitative estimate of drug-likeness (QED) is 0.645. The lowest BCUT2D eigenvalue weighted by Gasteiger charge is -2.18. The molecule has 8 nitrogen and oxygen atoms in total. The van der Waals surface area contributed by atoms with Gasteiger partial charge >= 0.3 is 5.97 Å². The first kappa shape index (κ1) is 20.4. The third kappa shape index (κ3) is 4.25. The zero-order chi connectivity index (χ0) is 19.3. The van der Waals surface area contributed by atoms with E-state index < -0.39 is 16.0 Å². The van der Waals surface area contributed by atoms with Crippen LogP contribution in [0.3, 0.4) is 0 Å². The number of hydrogen-bond donors (Lipinski definition) is 1. The molecule has 26 heavy (non-hydrogen) atoms. The highest BCUT2D eigenvalue weighted by molar-refractivity contribution is 7.99. The van der Waals surface area contributed by atoms with E-state index in [1.807, 2.05) is 11.5 Å². The highest BCUT2D eigenvalue weighted by Crippen LogP contribution is 2.25. The van der Waals surface area contributed by atoms with Gasteiger partial charge in [0.15, 0.2) is 11.0 Å². The highest BCUT2D eigenvalue weighted by Gasteiger charge is 2.22. The summed E-state index contributed by atoms with van der Waals surface area (Å²) in [5, 5.41) is 17.5. The number of benzene rings is 1. The highest BCUT2D eigenvalue weighted by atomic mass is 32.2. The van der Waals surface area contributed by atoms with Gasteiger partial charge < -0.3 is 9.67 Å². The summed E-state index contributed by atoms with van der Waals surface area (Å²) in [6.45, 7) is 6.91. The molecule has 0 aliphatic rings. The van der Waals surface area contributed by atoms with E-state index in [2.05, 4.69) is 10.2 Å². The summed E-state index contributed by atoms with van der Waals surface area (Å²) in [7, 11) is -3.51. The number of aliphatic carboxylic acids is 1. The van der Waals surface area contributed by atoms with Crippen LogP contribution in [-0.2, 0) is 21.4 Å². The fourth-order valence-electron chi connectivity index (χ4n) is 2.51. The topological polar surface area (TPSA) is 105 Å². The SMILES string of the molecule is CCN(CC)S(=O)(=O)c1ccc(-c2nnc(SCC(=O)O)n2CC)cc1. The number of aromatic nitrogens is 3. The average molecular weight is 399 g/mol. The van der Waals surface area contributed by atoms with Crippen LogP contribution in [0.4, 0.5) is 0 Å². The van der Waals surface area contributed by atoms with Gasteiger partial charge in [0.1, 0.15) is 0 Å². The molecule has 2 rings (SSSR count). The first-order chi connectivity index (χ1) is 12.3. The molecule has 0 saturated carbocycles. The Labute approximate surface area is 157 Å². The lowest BCUT2D eigenvalue weighted by Crippen LogP contribution is -2.30. The van der Waals surface area contributed by atoms with Gasteiger partial charge in [-0.15, -0.1) is 10.2 Å². The van der Waals surface area contributed by atoms with Crippen LogP contribution < -0.4 is 0 Å². The third-order valence-corrected chi connectivity index (χ3v) is 6.83. The number of carboxylic acid groups (broad SMARTS) is 1. The van der Waals surface area contributed by atoms with Crippen LogP contribution in [0.15, 0.2) is 34.3 Å². The summed E-state index contributed by atoms with van der Waals surface area (Å²) in [6, 6.07) is 6.50. The molecule has 0 fully saturated rings. The second-order valence-corrected chi connectivity index (χ2v) is 8.23. The zero-order valence-electron chi connectivity index (χ0n) is 14.9. The molecular formula is C16H22N4O4S2. The van der Waals surface area contributed by atoms with Crippen LogP contribution in [0.1, 0.15) is 20.8 Å². The van der Waals surface area contributed by atoms with Crippen LogP contribution >= 0.6 is 11.8 Å². The number of sulfonamides is 1. The van der Waals surface area contributed by atoms with Gasteiger partial charge in [-0.1, -0.05) is 25.6 Å². The van der Waals surface area contributed by atoms with E-state index in [9.17, 15) is 13.2 Å². The maximum absolute atomic E-state index is 12.6. The van der Waals surface area contributed by atoms with E-state index in [1.165, 1.54) is 4.31 Å². The molecule has 0 aliphatic heterocycles. The van der Waals surface area contributed by atoms with E-state index >= 15 is 0 Å². The number of carbonyl (C=O) groups is 1. The van der Waals surface area contributed by atoms with Crippen molar-refractivity contribution in [3.05, 3.63) is 24.3 Å². The van der Waals surface area contributed by atoms with Gasteiger partial charge in [0.25, 0.3) is 0 Å². The molecule has 1 aromatic carbocycles. The number of rotatable bonds is 9. The first-order valence-corrected chi connectivity index (χ1v) is 10.7. The van der Waals surface area contributed by atoms with Crippen molar-refractivity contribution < 1.29 is 18.3 Å². The molecule has 2 aromatic rings. The Kier molecular flexibility index (Phi) is 6.79. The third-order valence-electron chi connectivity index (χ3n) is 3.81. The fourth-order valence-corrected chi connectivity index (χ4v) is 4.69. The number of nitrogens with zero attached hydrogens (tertiary/aromatic N) is 4. The van der Waals surface area contributed by atoms with Gasteiger partial charge in [-0.3, -0.25) is 4.79 Å². The minimum atomic E-state index is -3.51. The molecule has 0 amide bonds. The fraction of sp³-hybridized carbons (Fsp3) is 0.438. The average Bonchev–Trinajstić information content (AvgIpc) is 3.03. The molecule has 0 unspecified atom stereocenters. The normalized spacial score (nSPS) is 11.8. The molecular weight excluding hydrogens is 376 g/mol. The van der Waals surface area contributed by atoms with Crippen molar-refractivity contribution in [2.45, 2.75) is 37.4 Å². The van der Waals surface area contributed by atoms with E-state index in [0.717, 1.165) is 17.3 Å². The van der Waals surface area contributed by atoms with Crippen LogP contribution in [-0.4, -0.2) is 57.4 Å². The maximum atomic E-state index is 12.6. The predicted octanol–water partition coefficient (Wildman–Crippen LogP) is 2.17. The maximum Gasteiger partial charge on any atom is 0.313 e. The molecule has 1 aromatic heterocycles. The molecule has 142 valence electrons. The molecule has 0 atom stereocenters. The predicted molar refractivity (Wildman–Crippen MR) is 99.6 cm³/mol. The molecule has 0 spiro atoms. The summed E-state index contributed by atoms with van der Waals surface area (Å²) in [5.74, 6) is -0.445. The molecule has 10 heteroatoms. The van der Waals surface area contributed by atoms with Crippen molar-refractivity contribution in [1.29, 1.82) is 0 Å². The summed E-state index contributed by atoms with van der Waals surface area (Å²) in [4.78, 5) is 11.0. The van der Waals surface area contributed by atoms with Gasteiger partial charge in [-0.25, -0.2) is 8.42 Å². The summed E-state index contributed by atoms with van der Waals surface area (Å²) in [5.41, 5.74) is 0.722. The molecule has 1 heterocycles. The summed E-state index contributed by atoms with van der Waals surface area (Å²) in [6.07, 6.45) is 0. The van der Waals surface area contributed by atoms with Gasteiger partial charge in [0, 0.05) is 25.2 Å². The molecule has 0 bridgehead atoms. The van der Waals surface area contributed by atoms with Crippen molar-refractivity contribution >= 4 is 27.8 Å². The van der Waals surface area contributed by atoms with Crippen LogP contribution in [0.2, 0.25) is 0 Å². The smallest absolute Gasteiger partial charge is 0.313 e. The van der Waals surface area contributed by atoms with E-state index in [1.54, 1.807) is 38.1 Å². The van der Waals surface area contributed by atoms with E-state index in [0.29, 0.717) is 30.6 Å². The van der Waals surface area contributed by atoms with Crippen molar-refractivity contribution in [2.75, 3.05) is 18.8 Å². The Bertz CT molecular complexity index is 859. The van der Waals surface area contributed by atoms with Crippen LogP contribution in [0.5, 0.6) is 0 Å². The Morgan fingerprint density at radius 1 is 1.15 bits per heavy atom. The standard InChI is InChI=1S/C16H22N4O4S2/c1-4-19(5-2)26(23,24)13-9-7-12(8-10-13)15-17-18-16(20(15)6-3)25-11-14(21)22/h7-10H,4-6,11H2,1-3H3,(H,21,22). The molecule has 0 aliphatic carbocycles. The lowest BCUT2D eigenvalue weighted by molar-refractivity contribution is -0.133. The van der Waals surface area contributed by atoms with Crippen molar-refractivity contribution in [3.8, 4) is 11.4 Å². The number of thioether (sulfide) groups is 1. The summed E-state index contributed by atoms with van der Waals surface area (Å²) >= 11 is 1.10. The van der Waals surface area contributed by atoms with Gasteiger partial charge in [-0.05, 0) is 31.2 Å². The zero-order valence-corrected chi connectivity index (χ0v) is 16.5. The Morgan fingerprint density at radius 3 is 2.27 bits per heavy atom. The minimum Gasteiger partial charge on any atom is -0.481 e. The van der Waals surface area contributed by atoms with E-state index in [4.69, 9.17) is 5.11 Å². The monoisotopic (exact) mass is 398 g/mol. The number of hydrogen-bond acceptors (Lipinski definition) is 6. The lowest BCUT2D eigenvalue weighted by atomic mass is 10.2. The van der Waals surface area contributed by atoms with Crippen molar-refractivity contribution in [3.63, 3.8) is 0 Å². The first-order valence-electron chi connectivity index (χ1n) is 8.23. The second kappa shape index (κ2) is 8.65. The summed E-state index contributed by atoms with van der Waals surface area (Å²) < 4.78 is 28.3. The Hall–Kier alpha value is -1.91. The van der Waals surface area contributed by atoms with Crippen LogP contribution in [0.25, 0.3) is 11.4 Å². The van der Waals surface area contributed by atoms with Gasteiger partial charge in [-0.2, -0.15) is 4.31 Å². The molecule has 0 radical (unpaired) electrons. The Balaban J connectivity index is 2.33. The molecule has 1 N–H and O–H groups in total. The minimum absolute atomic E-state index is 0.0980. The van der Waals surface area contributed by atoms with Gasteiger partial charge in [0.05, 0.1) is 10.6 Å². The van der Waals surface area contributed by atoms with E-state index in [-0.39, 0.29) is 10.6 Å². The Morgan fingerprint density at radius 2 is 1.77 bits per heavy atom.